The van der Waals surface area contributed by atoms with Crippen molar-refractivity contribution < 1.29 is 13.9 Å². The Bertz CT molecular complexity index is 548. The highest BCUT2D eigenvalue weighted by Gasteiger charge is 2.36. The molecule has 0 radical (unpaired) electrons. The molecule has 23 heavy (non-hydrogen) atoms. The van der Waals surface area contributed by atoms with Crippen LogP contribution in [0.25, 0.3) is 0 Å². The molecule has 0 unspecified atom stereocenters. The van der Waals surface area contributed by atoms with Gasteiger partial charge in [-0.25, -0.2) is 4.39 Å². The summed E-state index contributed by atoms with van der Waals surface area (Å²) in [5.74, 6) is 0.00442. The fourth-order valence-electron chi connectivity index (χ4n) is 3.42. The first-order valence-electron chi connectivity index (χ1n) is 8.25. The van der Waals surface area contributed by atoms with E-state index in [1.807, 2.05) is 9.80 Å². The summed E-state index contributed by atoms with van der Waals surface area (Å²) in [6.07, 6.45) is 0.926. The van der Waals surface area contributed by atoms with Crippen molar-refractivity contribution in [1.29, 1.82) is 0 Å². The Hall–Kier alpha value is -1.50. The average molecular weight is 321 g/mol. The number of ether oxygens (including phenoxy) is 1. The predicted octanol–water partition coefficient (Wildman–Crippen LogP) is 1.01. The number of halogens is 1. The van der Waals surface area contributed by atoms with Crippen LogP contribution in [0.3, 0.4) is 0 Å². The third kappa shape index (κ3) is 3.54. The van der Waals surface area contributed by atoms with Crippen molar-refractivity contribution in [3.63, 3.8) is 0 Å². The Balaban J connectivity index is 1.85. The van der Waals surface area contributed by atoms with Gasteiger partial charge in [0.25, 0.3) is 0 Å². The number of hydrogen-bond acceptors (Lipinski definition) is 4. The molecule has 1 aromatic rings. The van der Waals surface area contributed by atoms with Gasteiger partial charge >= 0.3 is 0 Å². The summed E-state index contributed by atoms with van der Waals surface area (Å²) >= 11 is 0. The van der Waals surface area contributed by atoms with Crippen molar-refractivity contribution in [2.24, 2.45) is 11.7 Å². The molecule has 2 aliphatic heterocycles. The van der Waals surface area contributed by atoms with Gasteiger partial charge in [-0.1, -0.05) is 18.2 Å². The lowest BCUT2D eigenvalue weighted by atomic mass is 10.0. The molecule has 0 saturated carbocycles. The predicted molar refractivity (Wildman–Crippen MR) is 85.3 cm³/mol. The summed E-state index contributed by atoms with van der Waals surface area (Å²) in [7, 11) is 0. The van der Waals surface area contributed by atoms with Crippen molar-refractivity contribution in [1.82, 2.24) is 9.80 Å². The van der Waals surface area contributed by atoms with E-state index < -0.39 is 6.04 Å². The first-order chi connectivity index (χ1) is 11.2. The maximum Gasteiger partial charge on any atom is 0.244 e. The molecule has 0 aliphatic carbocycles. The molecule has 2 atom stereocenters. The Labute approximate surface area is 136 Å². The van der Waals surface area contributed by atoms with Gasteiger partial charge in [0.2, 0.25) is 5.91 Å². The monoisotopic (exact) mass is 321 g/mol. The van der Waals surface area contributed by atoms with Crippen LogP contribution in [0.2, 0.25) is 0 Å². The summed E-state index contributed by atoms with van der Waals surface area (Å²) in [4.78, 5) is 17.0. The van der Waals surface area contributed by atoms with Crippen molar-refractivity contribution >= 4 is 5.91 Å². The van der Waals surface area contributed by atoms with Crippen LogP contribution < -0.4 is 5.73 Å². The minimum atomic E-state index is -0.573. The second kappa shape index (κ2) is 7.38. The molecule has 126 valence electrons. The van der Waals surface area contributed by atoms with Gasteiger partial charge in [-0.15, -0.1) is 0 Å². The number of likely N-dealkylation sites (tertiary alicyclic amines) is 1. The molecule has 0 aromatic heterocycles. The van der Waals surface area contributed by atoms with Gasteiger partial charge in [-0.2, -0.15) is 0 Å². The molecular weight excluding hydrogens is 297 g/mol. The van der Waals surface area contributed by atoms with Crippen LogP contribution in [0.1, 0.15) is 18.0 Å². The van der Waals surface area contributed by atoms with E-state index >= 15 is 0 Å². The number of carbonyl (C=O) groups is 1. The number of carbonyl (C=O) groups excluding carboxylic acids is 1. The normalized spacial score (nSPS) is 23.9. The third-order valence-electron chi connectivity index (χ3n) is 4.78. The van der Waals surface area contributed by atoms with E-state index in [1.165, 1.54) is 6.07 Å². The Morgan fingerprint density at radius 3 is 2.70 bits per heavy atom. The standard InChI is InChI=1S/C17H24FN3O2/c18-15-4-2-1-3-14(15)16(20-7-9-23-10-8-20)17(22)21-6-5-13(11-19)12-21/h1-4,13,16H,5-12,19H2/t13-,16+/m1/s1. The fourth-order valence-corrected chi connectivity index (χ4v) is 3.42. The van der Waals surface area contributed by atoms with E-state index in [0.717, 1.165) is 6.42 Å². The zero-order valence-electron chi connectivity index (χ0n) is 13.3. The lowest BCUT2D eigenvalue weighted by Gasteiger charge is -2.36. The summed E-state index contributed by atoms with van der Waals surface area (Å²) in [5.41, 5.74) is 6.18. The van der Waals surface area contributed by atoms with Crippen LogP contribution in [0, 0.1) is 11.7 Å². The number of amides is 1. The second-order valence-corrected chi connectivity index (χ2v) is 6.25. The largest absolute Gasteiger partial charge is 0.379 e. The highest BCUT2D eigenvalue weighted by Crippen LogP contribution is 2.28. The van der Waals surface area contributed by atoms with Gasteiger partial charge in [0.15, 0.2) is 0 Å². The zero-order valence-corrected chi connectivity index (χ0v) is 13.3. The quantitative estimate of drug-likeness (QED) is 0.899. The SMILES string of the molecule is NC[C@H]1CCN(C(=O)[C@H](c2ccccc2F)N2CCOCC2)C1. The van der Waals surface area contributed by atoms with Crippen LogP contribution in [-0.2, 0) is 9.53 Å². The van der Waals surface area contributed by atoms with Crippen LogP contribution in [-0.4, -0.2) is 61.6 Å². The van der Waals surface area contributed by atoms with E-state index in [0.29, 0.717) is 57.4 Å². The van der Waals surface area contributed by atoms with Gasteiger partial charge in [-0.3, -0.25) is 9.69 Å². The first-order valence-corrected chi connectivity index (χ1v) is 8.25. The second-order valence-electron chi connectivity index (χ2n) is 6.25. The van der Waals surface area contributed by atoms with Gasteiger partial charge in [-0.05, 0) is 24.9 Å². The van der Waals surface area contributed by atoms with E-state index in [2.05, 4.69) is 0 Å². The Kier molecular flexibility index (Phi) is 5.25. The molecule has 5 nitrogen and oxygen atoms in total. The number of benzene rings is 1. The molecule has 2 N–H and O–H groups in total. The van der Waals surface area contributed by atoms with Gasteiger partial charge in [0.1, 0.15) is 11.9 Å². The molecule has 6 heteroatoms. The first kappa shape index (κ1) is 16.4. The Morgan fingerprint density at radius 1 is 1.30 bits per heavy atom. The molecule has 2 heterocycles. The molecule has 3 rings (SSSR count). The van der Waals surface area contributed by atoms with E-state index in [1.54, 1.807) is 18.2 Å². The minimum absolute atomic E-state index is 0.0204. The average Bonchev–Trinajstić information content (AvgIpc) is 3.07. The molecule has 2 aliphatic rings. The minimum Gasteiger partial charge on any atom is -0.379 e. The van der Waals surface area contributed by atoms with Crippen LogP contribution >= 0.6 is 0 Å². The van der Waals surface area contributed by atoms with Crippen LogP contribution in [0.15, 0.2) is 24.3 Å². The Morgan fingerprint density at radius 2 is 2.04 bits per heavy atom. The van der Waals surface area contributed by atoms with Gasteiger partial charge < -0.3 is 15.4 Å². The molecule has 2 fully saturated rings. The highest BCUT2D eigenvalue weighted by molar-refractivity contribution is 5.83. The van der Waals surface area contributed by atoms with Crippen molar-refractivity contribution in [2.45, 2.75) is 12.5 Å². The van der Waals surface area contributed by atoms with Gasteiger partial charge in [0, 0.05) is 31.7 Å². The number of hydrogen-bond donors (Lipinski definition) is 1. The third-order valence-corrected chi connectivity index (χ3v) is 4.78. The van der Waals surface area contributed by atoms with E-state index in [9.17, 15) is 9.18 Å². The zero-order chi connectivity index (χ0) is 16.2. The molecule has 2 saturated heterocycles. The lowest BCUT2D eigenvalue weighted by Crippen LogP contribution is -2.47. The van der Waals surface area contributed by atoms with Crippen LogP contribution in [0.4, 0.5) is 4.39 Å². The summed E-state index contributed by atoms with van der Waals surface area (Å²) < 4.78 is 19.7. The molecule has 1 amide bonds. The molecule has 1 aromatic carbocycles. The van der Waals surface area contributed by atoms with Gasteiger partial charge in [0.05, 0.1) is 13.2 Å². The summed E-state index contributed by atoms with van der Waals surface area (Å²) in [6, 6.07) is 6.00. The highest BCUT2D eigenvalue weighted by atomic mass is 19.1. The number of nitrogens with zero attached hydrogens (tertiary/aromatic N) is 2. The number of nitrogens with two attached hydrogens (primary N) is 1. The molecular formula is C17H24FN3O2. The van der Waals surface area contributed by atoms with Crippen LogP contribution in [0.5, 0.6) is 0 Å². The summed E-state index contributed by atoms with van der Waals surface area (Å²) in [5, 5.41) is 0. The van der Waals surface area contributed by atoms with Crippen molar-refractivity contribution in [3.05, 3.63) is 35.6 Å². The van der Waals surface area contributed by atoms with E-state index in [-0.39, 0.29) is 11.7 Å². The lowest BCUT2D eigenvalue weighted by molar-refractivity contribution is -0.138. The molecule has 0 spiro atoms. The van der Waals surface area contributed by atoms with E-state index in [4.69, 9.17) is 10.5 Å². The number of morpholine rings is 1. The van der Waals surface area contributed by atoms with Crippen molar-refractivity contribution in [3.8, 4) is 0 Å². The maximum absolute atomic E-state index is 14.3. The fraction of sp³-hybridized carbons (Fsp3) is 0.588. The van der Waals surface area contributed by atoms with Crippen molar-refractivity contribution in [2.75, 3.05) is 45.9 Å². The maximum atomic E-state index is 14.3. The topological polar surface area (TPSA) is 58.8 Å². The smallest absolute Gasteiger partial charge is 0.244 e. The summed E-state index contributed by atoms with van der Waals surface area (Å²) in [6.45, 7) is 4.39. The number of rotatable bonds is 4. The molecule has 0 bridgehead atoms.